The average molecular weight is 373 g/mol. The molecule has 0 spiro atoms. The number of rotatable bonds is 6. The van der Waals surface area contributed by atoms with Crippen molar-refractivity contribution in [2.24, 2.45) is 0 Å². The first kappa shape index (κ1) is 18.0. The zero-order chi connectivity index (χ0) is 19.3. The van der Waals surface area contributed by atoms with Gasteiger partial charge in [-0.1, -0.05) is 48.5 Å². The van der Waals surface area contributed by atoms with E-state index in [1.165, 1.54) is 5.56 Å². The Morgan fingerprint density at radius 3 is 2.89 bits per heavy atom. The standard InChI is InChI=1S/C23H23N3O2/c1-28-19-9-5-6-16(12-19)15-24-23(27)14-22-25-20-11-10-18(13-21(20)26-22)17-7-3-2-4-8-17/h2-12,18H,13-15H2,1H3,(H,24,27)(H,25,26). The van der Waals surface area contributed by atoms with Crippen molar-refractivity contribution in [3.8, 4) is 5.75 Å². The fraction of sp³-hybridized carbons (Fsp3) is 0.217. The van der Waals surface area contributed by atoms with Crippen LogP contribution in [0.25, 0.3) is 6.08 Å². The van der Waals surface area contributed by atoms with E-state index in [0.717, 1.165) is 29.1 Å². The summed E-state index contributed by atoms with van der Waals surface area (Å²) in [5, 5.41) is 2.94. The Morgan fingerprint density at radius 2 is 2.07 bits per heavy atom. The van der Waals surface area contributed by atoms with Crippen LogP contribution in [0.3, 0.4) is 0 Å². The number of aromatic amines is 1. The number of hydrogen-bond acceptors (Lipinski definition) is 3. The van der Waals surface area contributed by atoms with Crippen molar-refractivity contribution in [2.75, 3.05) is 7.11 Å². The van der Waals surface area contributed by atoms with Crippen LogP contribution in [0.15, 0.2) is 60.7 Å². The van der Waals surface area contributed by atoms with Gasteiger partial charge in [-0.2, -0.15) is 0 Å². The number of ether oxygens (including phenoxy) is 1. The second kappa shape index (κ2) is 8.13. The van der Waals surface area contributed by atoms with Crippen LogP contribution in [0.2, 0.25) is 0 Å². The van der Waals surface area contributed by atoms with Crippen LogP contribution in [0.5, 0.6) is 5.75 Å². The van der Waals surface area contributed by atoms with Crippen LogP contribution >= 0.6 is 0 Å². The van der Waals surface area contributed by atoms with E-state index in [4.69, 9.17) is 4.74 Å². The predicted octanol–water partition coefficient (Wildman–Crippen LogP) is 3.63. The molecule has 2 aromatic carbocycles. The van der Waals surface area contributed by atoms with Crippen LogP contribution in [-0.4, -0.2) is 23.0 Å². The molecule has 28 heavy (non-hydrogen) atoms. The summed E-state index contributed by atoms with van der Waals surface area (Å²) in [5.74, 6) is 1.76. The number of nitrogens with zero attached hydrogens (tertiary/aromatic N) is 1. The smallest absolute Gasteiger partial charge is 0.227 e. The summed E-state index contributed by atoms with van der Waals surface area (Å²) in [6, 6.07) is 18.1. The lowest BCUT2D eigenvalue weighted by molar-refractivity contribution is -0.120. The van der Waals surface area contributed by atoms with Crippen LogP contribution in [0.4, 0.5) is 0 Å². The largest absolute Gasteiger partial charge is 0.497 e. The van der Waals surface area contributed by atoms with Gasteiger partial charge in [0.05, 0.1) is 19.2 Å². The summed E-state index contributed by atoms with van der Waals surface area (Å²) < 4.78 is 5.21. The molecule has 1 amide bonds. The Kier molecular flexibility index (Phi) is 5.24. The lowest BCUT2D eigenvalue weighted by atomic mass is 9.90. The molecule has 3 aromatic rings. The normalized spacial score (nSPS) is 15.1. The number of amides is 1. The topological polar surface area (TPSA) is 67.0 Å². The quantitative estimate of drug-likeness (QED) is 0.693. The first-order valence-electron chi connectivity index (χ1n) is 9.42. The number of aromatic nitrogens is 2. The number of hydrogen-bond donors (Lipinski definition) is 2. The van der Waals surface area contributed by atoms with Gasteiger partial charge in [0, 0.05) is 24.6 Å². The van der Waals surface area contributed by atoms with E-state index in [-0.39, 0.29) is 12.3 Å². The SMILES string of the molecule is COc1cccc(CNC(=O)Cc2nc3c([nH]2)CC(c2ccccc2)C=C3)c1. The van der Waals surface area contributed by atoms with Crippen LogP contribution in [0.1, 0.15) is 34.3 Å². The van der Waals surface area contributed by atoms with Gasteiger partial charge in [0.1, 0.15) is 11.6 Å². The van der Waals surface area contributed by atoms with Gasteiger partial charge in [-0.05, 0) is 29.3 Å². The first-order chi connectivity index (χ1) is 13.7. The van der Waals surface area contributed by atoms with Crippen LogP contribution in [-0.2, 0) is 24.2 Å². The molecule has 1 aliphatic rings. The average Bonchev–Trinajstić information content (AvgIpc) is 3.14. The number of carbonyl (C=O) groups is 1. The molecule has 0 aliphatic heterocycles. The minimum atomic E-state index is -0.0579. The molecule has 142 valence electrons. The summed E-state index contributed by atoms with van der Waals surface area (Å²) >= 11 is 0. The van der Waals surface area contributed by atoms with Crippen molar-refractivity contribution in [2.45, 2.75) is 25.3 Å². The van der Waals surface area contributed by atoms with Crippen molar-refractivity contribution < 1.29 is 9.53 Å². The number of nitrogens with one attached hydrogen (secondary N) is 2. The minimum absolute atomic E-state index is 0.0579. The lowest BCUT2D eigenvalue weighted by Crippen LogP contribution is -2.25. The van der Waals surface area contributed by atoms with E-state index in [9.17, 15) is 4.79 Å². The molecule has 1 aromatic heterocycles. The molecule has 0 saturated carbocycles. The number of imidazole rings is 1. The van der Waals surface area contributed by atoms with Crippen molar-refractivity contribution in [1.82, 2.24) is 15.3 Å². The third kappa shape index (κ3) is 4.14. The number of H-pyrrole nitrogens is 1. The Bertz CT molecular complexity index is 992. The fourth-order valence-corrected chi connectivity index (χ4v) is 3.48. The number of benzene rings is 2. The summed E-state index contributed by atoms with van der Waals surface area (Å²) in [5.41, 5.74) is 4.31. The molecule has 5 nitrogen and oxygen atoms in total. The minimum Gasteiger partial charge on any atom is -0.497 e. The number of allylic oxidation sites excluding steroid dienone is 1. The molecule has 5 heteroatoms. The second-order valence-electron chi connectivity index (χ2n) is 6.93. The van der Waals surface area contributed by atoms with Gasteiger partial charge in [-0.25, -0.2) is 4.98 Å². The van der Waals surface area contributed by atoms with Gasteiger partial charge < -0.3 is 15.0 Å². The van der Waals surface area contributed by atoms with E-state index < -0.39 is 0 Å². The Labute approximate surface area is 164 Å². The predicted molar refractivity (Wildman–Crippen MR) is 109 cm³/mol. The number of carbonyl (C=O) groups excluding carboxylic acids is 1. The lowest BCUT2D eigenvalue weighted by Gasteiger charge is -2.16. The molecule has 2 N–H and O–H groups in total. The maximum atomic E-state index is 12.3. The number of fused-ring (bicyclic) bond motifs is 1. The highest BCUT2D eigenvalue weighted by molar-refractivity contribution is 5.78. The summed E-state index contributed by atoms with van der Waals surface area (Å²) in [6.45, 7) is 0.465. The van der Waals surface area contributed by atoms with Crippen molar-refractivity contribution >= 4 is 12.0 Å². The zero-order valence-electron chi connectivity index (χ0n) is 15.8. The third-order valence-corrected chi connectivity index (χ3v) is 4.95. The first-order valence-corrected chi connectivity index (χ1v) is 9.42. The molecule has 4 rings (SSSR count). The molecule has 1 aliphatic carbocycles. The monoisotopic (exact) mass is 373 g/mol. The van der Waals surface area contributed by atoms with Crippen molar-refractivity contribution in [3.63, 3.8) is 0 Å². The van der Waals surface area contributed by atoms with Crippen LogP contribution in [0, 0.1) is 0 Å². The molecule has 0 radical (unpaired) electrons. The molecule has 1 heterocycles. The summed E-state index contributed by atoms with van der Waals surface area (Å²) in [6.07, 6.45) is 5.34. The van der Waals surface area contributed by atoms with Crippen molar-refractivity contribution in [1.29, 1.82) is 0 Å². The van der Waals surface area contributed by atoms with Gasteiger partial charge in [-0.15, -0.1) is 0 Å². The maximum Gasteiger partial charge on any atom is 0.227 e. The van der Waals surface area contributed by atoms with Gasteiger partial charge in [0.15, 0.2) is 0 Å². The fourth-order valence-electron chi connectivity index (χ4n) is 3.48. The van der Waals surface area contributed by atoms with E-state index in [1.807, 2.05) is 36.4 Å². The Hall–Kier alpha value is -3.34. The second-order valence-corrected chi connectivity index (χ2v) is 6.93. The maximum absolute atomic E-state index is 12.3. The highest BCUT2D eigenvalue weighted by Crippen LogP contribution is 2.28. The van der Waals surface area contributed by atoms with Crippen molar-refractivity contribution in [3.05, 3.63) is 89.0 Å². The molecular formula is C23H23N3O2. The van der Waals surface area contributed by atoms with Gasteiger partial charge >= 0.3 is 0 Å². The summed E-state index contributed by atoms with van der Waals surface area (Å²) in [4.78, 5) is 20.2. The van der Waals surface area contributed by atoms with E-state index >= 15 is 0 Å². The van der Waals surface area contributed by atoms with Gasteiger partial charge in [-0.3, -0.25) is 4.79 Å². The van der Waals surface area contributed by atoms with Crippen LogP contribution < -0.4 is 10.1 Å². The summed E-state index contributed by atoms with van der Waals surface area (Å²) in [7, 11) is 1.63. The van der Waals surface area contributed by atoms with E-state index in [0.29, 0.717) is 18.3 Å². The molecule has 0 saturated heterocycles. The van der Waals surface area contributed by atoms with E-state index in [2.05, 4.69) is 45.6 Å². The molecule has 0 bridgehead atoms. The Morgan fingerprint density at radius 1 is 1.21 bits per heavy atom. The number of methoxy groups -OCH3 is 1. The Balaban J connectivity index is 1.36. The zero-order valence-corrected chi connectivity index (χ0v) is 15.8. The highest BCUT2D eigenvalue weighted by atomic mass is 16.5. The molecule has 1 unspecified atom stereocenters. The third-order valence-electron chi connectivity index (χ3n) is 4.95. The molecule has 0 fully saturated rings. The molecular weight excluding hydrogens is 350 g/mol. The molecule has 1 atom stereocenters. The van der Waals surface area contributed by atoms with Gasteiger partial charge in [0.25, 0.3) is 0 Å². The van der Waals surface area contributed by atoms with E-state index in [1.54, 1.807) is 7.11 Å². The van der Waals surface area contributed by atoms with Gasteiger partial charge in [0.2, 0.25) is 5.91 Å². The highest BCUT2D eigenvalue weighted by Gasteiger charge is 2.19.